The molecule has 2 rings (SSSR count). The van der Waals surface area contributed by atoms with Gasteiger partial charge in [-0.3, -0.25) is 14.9 Å². The molecule has 1 heterocycles. The van der Waals surface area contributed by atoms with E-state index < -0.39 is 22.6 Å². The number of nitrogens with zero attached hydrogens (tertiary/aromatic N) is 2. The summed E-state index contributed by atoms with van der Waals surface area (Å²) >= 11 is 0. The van der Waals surface area contributed by atoms with Gasteiger partial charge in [0.1, 0.15) is 0 Å². The van der Waals surface area contributed by atoms with Crippen LogP contribution < -0.4 is 5.32 Å². The predicted molar refractivity (Wildman–Crippen MR) is 83.3 cm³/mol. The van der Waals surface area contributed by atoms with Crippen molar-refractivity contribution in [3.05, 3.63) is 68.4 Å². The van der Waals surface area contributed by atoms with Crippen LogP contribution >= 0.6 is 0 Å². The molecule has 0 fully saturated rings. The Hall–Kier alpha value is -3.09. The van der Waals surface area contributed by atoms with Crippen LogP contribution in [0, 0.1) is 30.9 Å². The second kappa shape index (κ2) is 6.35. The van der Waals surface area contributed by atoms with Gasteiger partial charge in [-0.1, -0.05) is 17.2 Å². The molecule has 0 aliphatic carbocycles. The van der Waals surface area contributed by atoms with E-state index in [0.29, 0.717) is 11.3 Å². The highest BCUT2D eigenvalue weighted by molar-refractivity contribution is 6.10. The van der Waals surface area contributed by atoms with E-state index in [0.717, 1.165) is 17.2 Å². The first-order valence-corrected chi connectivity index (χ1v) is 6.83. The normalized spacial score (nSPS) is 10.2. The predicted octanol–water partition coefficient (Wildman–Crippen LogP) is 2.49. The molecule has 23 heavy (non-hydrogen) atoms. The van der Waals surface area contributed by atoms with Gasteiger partial charge in [-0.2, -0.15) is 0 Å². The Morgan fingerprint density at radius 3 is 2.00 bits per heavy atom. The van der Waals surface area contributed by atoms with Gasteiger partial charge in [0.05, 0.1) is 5.56 Å². The Labute approximate surface area is 132 Å². The van der Waals surface area contributed by atoms with Crippen LogP contribution in [-0.2, 0) is 0 Å². The van der Waals surface area contributed by atoms with Gasteiger partial charge in [0, 0.05) is 18.6 Å². The Kier molecular flexibility index (Phi) is 4.49. The van der Waals surface area contributed by atoms with E-state index in [2.05, 4.69) is 10.3 Å². The number of amides is 2. The number of carbonyl (C=O) groups is 2. The first-order chi connectivity index (χ1) is 10.8. The molecular weight excluding hydrogens is 298 g/mol. The summed E-state index contributed by atoms with van der Waals surface area (Å²) in [6.45, 7) is 5.23. The number of hydrogen-bond donors (Lipinski definition) is 1. The third kappa shape index (κ3) is 3.97. The topological polar surface area (TPSA) is 102 Å². The van der Waals surface area contributed by atoms with Gasteiger partial charge in [-0.25, -0.2) is 0 Å². The molecule has 0 unspecified atom stereocenters. The van der Waals surface area contributed by atoms with Crippen LogP contribution in [0.1, 0.15) is 37.5 Å². The zero-order chi connectivity index (χ0) is 17.1. The fraction of sp³-hybridized carbons (Fsp3) is 0.188. The molecule has 1 N–H and O–H groups in total. The van der Waals surface area contributed by atoms with E-state index in [1.54, 1.807) is 12.1 Å². The Morgan fingerprint density at radius 1 is 0.957 bits per heavy atom. The van der Waals surface area contributed by atoms with Crippen LogP contribution in [0.2, 0.25) is 0 Å². The van der Waals surface area contributed by atoms with Crippen LogP contribution in [0.25, 0.3) is 0 Å². The smallest absolute Gasteiger partial charge is 0.358 e. The number of hydrogen-bond acceptors (Lipinski definition) is 5. The number of aromatic nitrogens is 1. The number of carbonyl (C=O) groups excluding carboxylic acids is 2. The first kappa shape index (κ1) is 16.3. The lowest BCUT2D eigenvalue weighted by molar-refractivity contribution is -0.389. The van der Waals surface area contributed by atoms with Gasteiger partial charge in [-0.15, -0.1) is 0 Å². The highest BCUT2D eigenvalue weighted by atomic mass is 16.6. The molecule has 0 bridgehead atoms. The average molecular weight is 313 g/mol. The number of rotatable bonds is 3. The lowest BCUT2D eigenvalue weighted by Crippen LogP contribution is -2.30. The minimum absolute atomic E-state index is 0.0157. The molecule has 7 nitrogen and oxygen atoms in total. The molecule has 0 atom stereocenters. The summed E-state index contributed by atoms with van der Waals surface area (Å²) in [5, 5.41) is 13.0. The first-order valence-electron chi connectivity index (χ1n) is 6.83. The van der Waals surface area contributed by atoms with Crippen molar-refractivity contribution in [2.24, 2.45) is 0 Å². The summed E-state index contributed by atoms with van der Waals surface area (Å²) in [6.07, 6.45) is 0. The number of aryl methyl sites for hydroxylation is 3. The quantitative estimate of drug-likeness (QED) is 0.533. The van der Waals surface area contributed by atoms with Gasteiger partial charge in [-0.05, 0) is 42.0 Å². The van der Waals surface area contributed by atoms with Crippen LogP contribution in [0.5, 0.6) is 0 Å². The second-order valence-electron chi connectivity index (χ2n) is 5.27. The Bertz CT molecular complexity index is 795. The Balaban J connectivity index is 2.25. The zero-order valence-corrected chi connectivity index (χ0v) is 12.9. The molecule has 2 aromatic rings. The molecule has 2 amide bonds. The van der Waals surface area contributed by atoms with Crippen molar-refractivity contribution in [3.63, 3.8) is 0 Å². The highest BCUT2D eigenvalue weighted by Gasteiger charge is 2.18. The molecule has 118 valence electrons. The lowest BCUT2D eigenvalue weighted by atomic mass is 10.1. The van der Waals surface area contributed by atoms with E-state index in [1.807, 2.05) is 19.9 Å². The lowest BCUT2D eigenvalue weighted by Gasteiger charge is -2.06. The maximum absolute atomic E-state index is 12.2. The van der Waals surface area contributed by atoms with Gasteiger partial charge in [0.25, 0.3) is 11.8 Å². The summed E-state index contributed by atoms with van der Waals surface area (Å²) < 4.78 is 0. The van der Waals surface area contributed by atoms with E-state index >= 15 is 0 Å². The summed E-state index contributed by atoms with van der Waals surface area (Å²) in [5.74, 6) is -1.70. The standard InChI is InChI=1S/C16H15N3O4/c1-9-4-10(2)6-12(5-9)15(20)18-16(21)13-7-11(3)17-14(8-13)19(22)23/h4-8H,1-3H3,(H,18,20,21). The van der Waals surface area contributed by atoms with Crippen molar-refractivity contribution in [2.45, 2.75) is 20.8 Å². The fourth-order valence-electron chi connectivity index (χ4n) is 2.23. The molecule has 0 spiro atoms. The van der Waals surface area contributed by atoms with E-state index in [-0.39, 0.29) is 5.56 Å². The van der Waals surface area contributed by atoms with Crippen molar-refractivity contribution >= 4 is 17.6 Å². The summed E-state index contributed by atoms with van der Waals surface area (Å²) in [7, 11) is 0. The zero-order valence-electron chi connectivity index (χ0n) is 12.9. The third-order valence-corrected chi connectivity index (χ3v) is 3.10. The number of nitrogens with one attached hydrogen (secondary N) is 1. The minimum atomic E-state index is -0.706. The maximum Gasteiger partial charge on any atom is 0.364 e. The summed E-state index contributed by atoms with van der Waals surface area (Å²) in [5.41, 5.74) is 2.50. The molecule has 0 saturated heterocycles. The van der Waals surface area contributed by atoms with Crippen molar-refractivity contribution in [3.8, 4) is 0 Å². The third-order valence-electron chi connectivity index (χ3n) is 3.10. The second-order valence-corrected chi connectivity index (χ2v) is 5.27. The summed E-state index contributed by atoms with van der Waals surface area (Å²) in [6, 6.07) is 7.66. The maximum atomic E-state index is 12.2. The number of pyridine rings is 1. The monoisotopic (exact) mass is 313 g/mol. The van der Waals surface area contributed by atoms with Gasteiger partial charge in [0.2, 0.25) is 0 Å². The summed E-state index contributed by atoms with van der Waals surface area (Å²) in [4.78, 5) is 38.1. The van der Waals surface area contributed by atoms with E-state index in [1.165, 1.54) is 13.0 Å². The molecule has 1 aromatic carbocycles. The largest absolute Gasteiger partial charge is 0.364 e. The van der Waals surface area contributed by atoms with Gasteiger partial charge in [0.15, 0.2) is 5.69 Å². The van der Waals surface area contributed by atoms with Crippen molar-refractivity contribution in [1.82, 2.24) is 10.3 Å². The van der Waals surface area contributed by atoms with Crippen LogP contribution in [0.15, 0.2) is 30.3 Å². The van der Waals surface area contributed by atoms with Crippen molar-refractivity contribution in [1.29, 1.82) is 0 Å². The van der Waals surface area contributed by atoms with E-state index in [4.69, 9.17) is 0 Å². The molecule has 0 saturated carbocycles. The van der Waals surface area contributed by atoms with Gasteiger partial charge < -0.3 is 10.1 Å². The molecule has 0 aliphatic rings. The Morgan fingerprint density at radius 2 is 1.48 bits per heavy atom. The SMILES string of the molecule is Cc1cc(C)cc(C(=O)NC(=O)c2cc(C)nc([N+](=O)[O-])c2)c1. The van der Waals surface area contributed by atoms with E-state index in [9.17, 15) is 19.7 Å². The number of benzene rings is 1. The van der Waals surface area contributed by atoms with Crippen LogP contribution in [0.3, 0.4) is 0 Å². The highest BCUT2D eigenvalue weighted by Crippen LogP contribution is 2.13. The molecule has 1 aromatic heterocycles. The van der Waals surface area contributed by atoms with Crippen LogP contribution in [0.4, 0.5) is 5.82 Å². The van der Waals surface area contributed by atoms with Gasteiger partial charge >= 0.3 is 5.82 Å². The van der Waals surface area contributed by atoms with Crippen molar-refractivity contribution in [2.75, 3.05) is 0 Å². The average Bonchev–Trinajstić information content (AvgIpc) is 2.45. The molecule has 7 heteroatoms. The molecular formula is C16H15N3O4. The fourth-order valence-corrected chi connectivity index (χ4v) is 2.23. The van der Waals surface area contributed by atoms with Crippen LogP contribution in [-0.4, -0.2) is 21.7 Å². The number of nitro groups is 1. The molecule has 0 radical (unpaired) electrons. The van der Waals surface area contributed by atoms with Crippen molar-refractivity contribution < 1.29 is 14.5 Å². The molecule has 0 aliphatic heterocycles. The minimum Gasteiger partial charge on any atom is -0.358 e. The number of imide groups is 1.